The Morgan fingerprint density at radius 1 is 1.04 bits per heavy atom. The lowest BCUT2D eigenvalue weighted by Gasteiger charge is -2.20. The van der Waals surface area contributed by atoms with E-state index in [1.165, 1.54) is 18.2 Å². The summed E-state index contributed by atoms with van der Waals surface area (Å²) in [6.07, 6.45) is -4.81. The predicted octanol–water partition coefficient (Wildman–Crippen LogP) is 4.63. The van der Waals surface area contributed by atoms with Crippen LogP contribution in [-0.4, -0.2) is 11.1 Å². The number of carboxylic acids is 1. The summed E-state index contributed by atoms with van der Waals surface area (Å²) in [5.41, 5.74) is -3.47. The largest absolute Gasteiger partial charge is 0.481 e. The van der Waals surface area contributed by atoms with Gasteiger partial charge in [-0.15, -0.1) is 0 Å². The van der Waals surface area contributed by atoms with Crippen molar-refractivity contribution >= 4 is 5.97 Å². The van der Waals surface area contributed by atoms with Gasteiger partial charge in [0.05, 0.1) is 11.0 Å². The van der Waals surface area contributed by atoms with E-state index >= 15 is 0 Å². The summed E-state index contributed by atoms with van der Waals surface area (Å²) in [5.74, 6) is -2.77. The summed E-state index contributed by atoms with van der Waals surface area (Å²) in [7, 11) is 0. The van der Waals surface area contributed by atoms with Gasteiger partial charge in [0.25, 0.3) is 0 Å². The van der Waals surface area contributed by atoms with E-state index in [1.54, 1.807) is 18.2 Å². The zero-order valence-electron chi connectivity index (χ0n) is 11.8. The molecule has 0 unspecified atom stereocenters. The van der Waals surface area contributed by atoms with Crippen LogP contribution in [0.5, 0.6) is 0 Å². The Balaban J connectivity index is 2.25. The van der Waals surface area contributed by atoms with E-state index in [0.717, 1.165) is 6.07 Å². The minimum Gasteiger partial charge on any atom is -0.481 e. The van der Waals surface area contributed by atoms with Gasteiger partial charge in [-0.25, -0.2) is 4.39 Å². The molecule has 1 saturated carbocycles. The van der Waals surface area contributed by atoms with Gasteiger partial charge in [0.1, 0.15) is 5.82 Å². The minimum atomic E-state index is -4.96. The van der Waals surface area contributed by atoms with E-state index in [1.807, 2.05) is 0 Å². The van der Waals surface area contributed by atoms with Gasteiger partial charge >= 0.3 is 12.1 Å². The van der Waals surface area contributed by atoms with Crippen molar-refractivity contribution in [3.63, 3.8) is 0 Å². The molecule has 0 radical (unpaired) electrons. The Morgan fingerprint density at radius 2 is 1.65 bits per heavy atom. The number of carbonyl (C=O) groups is 1. The third-order valence-corrected chi connectivity index (χ3v) is 4.19. The van der Waals surface area contributed by atoms with Crippen LogP contribution in [0.25, 0.3) is 11.1 Å². The molecule has 23 heavy (non-hydrogen) atoms. The van der Waals surface area contributed by atoms with Gasteiger partial charge in [0, 0.05) is 5.56 Å². The monoisotopic (exact) mass is 324 g/mol. The van der Waals surface area contributed by atoms with E-state index in [2.05, 4.69) is 0 Å². The van der Waals surface area contributed by atoms with Crippen LogP contribution in [0, 0.1) is 5.82 Å². The first kappa shape index (κ1) is 15.5. The third kappa shape index (κ3) is 2.48. The highest BCUT2D eigenvalue weighted by Crippen LogP contribution is 2.53. The van der Waals surface area contributed by atoms with Crippen molar-refractivity contribution in [1.29, 1.82) is 0 Å². The van der Waals surface area contributed by atoms with E-state index in [-0.39, 0.29) is 18.4 Å². The summed E-state index contributed by atoms with van der Waals surface area (Å²) in [6, 6.07) is 10.2. The molecule has 1 fully saturated rings. The van der Waals surface area contributed by atoms with Crippen molar-refractivity contribution < 1.29 is 27.5 Å². The zero-order chi connectivity index (χ0) is 16.8. The van der Waals surface area contributed by atoms with Gasteiger partial charge in [-0.3, -0.25) is 4.79 Å². The number of hydrogen-bond acceptors (Lipinski definition) is 1. The Labute approximate surface area is 129 Å². The van der Waals surface area contributed by atoms with E-state index in [4.69, 9.17) is 0 Å². The topological polar surface area (TPSA) is 37.3 Å². The molecule has 3 rings (SSSR count). The van der Waals surface area contributed by atoms with Crippen LogP contribution in [-0.2, 0) is 16.4 Å². The second kappa shape index (κ2) is 5.08. The number of carboxylic acid groups (broad SMARTS) is 1. The average Bonchev–Trinajstić information content (AvgIpc) is 3.28. The summed E-state index contributed by atoms with van der Waals surface area (Å²) >= 11 is 0. The second-order valence-electron chi connectivity index (χ2n) is 5.60. The molecule has 120 valence electrons. The normalized spacial score (nSPS) is 16.2. The standard InChI is InChI=1S/C17H12F4O2/c18-14-11(10-4-2-1-3-5-10)6-7-12(13(14)17(19,20)21)16(8-9-16)15(22)23/h1-7H,8-9H2,(H,22,23). The van der Waals surface area contributed by atoms with Crippen molar-refractivity contribution in [2.24, 2.45) is 0 Å². The van der Waals surface area contributed by atoms with Gasteiger partial charge in [-0.05, 0) is 24.0 Å². The van der Waals surface area contributed by atoms with Crippen LogP contribution in [0.2, 0.25) is 0 Å². The fraction of sp³-hybridized carbons (Fsp3) is 0.235. The Kier molecular flexibility index (Phi) is 3.43. The van der Waals surface area contributed by atoms with E-state index in [0.29, 0.717) is 5.56 Å². The molecule has 1 aliphatic carbocycles. The molecule has 0 spiro atoms. The molecule has 6 heteroatoms. The number of halogens is 4. The van der Waals surface area contributed by atoms with Crippen LogP contribution in [0.3, 0.4) is 0 Å². The smallest absolute Gasteiger partial charge is 0.419 e. The molecule has 0 heterocycles. The molecule has 1 aliphatic rings. The average molecular weight is 324 g/mol. The van der Waals surface area contributed by atoms with Crippen molar-refractivity contribution in [3.8, 4) is 11.1 Å². The zero-order valence-corrected chi connectivity index (χ0v) is 11.8. The highest BCUT2D eigenvalue weighted by molar-refractivity contribution is 5.86. The quantitative estimate of drug-likeness (QED) is 0.836. The van der Waals surface area contributed by atoms with Gasteiger partial charge in [-0.1, -0.05) is 42.5 Å². The Morgan fingerprint density at radius 3 is 2.13 bits per heavy atom. The van der Waals surface area contributed by atoms with Crippen LogP contribution in [0.1, 0.15) is 24.0 Å². The van der Waals surface area contributed by atoms with Crippen molar-refractivity contribution in [2.45, 2.75) is 24.4 Å². The highest BCUT2D eigenvalue weighted by atomic mass is 19.4. The molecule has 2 aromatic carbocycles. The molecule has 1 N–H and O–H groups in total. The summed E-state index contributed by atoms with van der Waals surface area (Å²) in [6.45, 7) is 0. The summed E-state index contributed by atoms with van der Waals surface area (Å²) in [4.78, 5) is 11.3. The molecule has 0 bridgehead atoms. The van der Waals surface area contributed by atoms with Crippen LogP contribution in [0.15, 0.2) is 42.5 Å². The molecule has 0 amide bonds. The second-order valence-corrected chi connectivity index (χ2v) is 5.60. The SMILES string of the molecule is O=C(O)C1(c2ccc(-c3ccccc3)c(F)c2C(F)(F)F)CC1. The maximum absolute atomic E-state index is 14.6. The Bertz CT molecular complexity index is 762. The van der Waals surface area contributed by atoms with Crippen molar-refractivity contribution in [3.05, 3.63) is 59.4 Å². The van der Waals surface area contributed by atoms with Gasteiger partial charge in [-0.2, -0.15) is 13.2 Å². The highest BCUT2D eigenvalue weighted by Gasteiger charge is 2.56. The summed E-state index contributed by atoms with van der Waals surface area (Å²) in [5, 5.41) is 9.23. The van der Waals surface area contributed by atoms with Crippen LogP contribution >= 0.6 is 0 Å². The minimum absolute atomic E-state index is 0.0789. The number of alkyl halides is 3. The van der Waals surface area contributed by atoms with E-state index in [9.17, 15) is 27.5 Å². The molecular formula is C17H12F4O2. The van der Waals surface area contributed by atoms with Crippen LogP contribution in [0.4, 0.5) is 17.6 Å². The molecule has 0 atom stereocenters. The first-order chi connectivity index (χ1) is 10.8. The predicted molar refractivity (Wildman–Crippen MR) is 75.4 cm³/mol. The molecule has 2 nitrogen and oxygen atoms in total. The molecule has 2 aromatic rings. The molecule has 0 saturated heterocycles. The number of benzene rings is 2. The lowest BCUT2D eigenvalue weighted by molar-refractivity contribution is -0.143. The number of aliphatic carboxylic acids is 1. The van der Waals surface area contributed by atoms with Gasteiger partial charge in [0.2, 0.25) is 0 Å². The lowest BCUT2D eigenvalue weighted by Crippen LogP contribution is -2.25. The van der Waals surface area contributed by atoms with Crippen LogP contribution < -0.4 is 0 Å². The van der Waals surface area contributed by atoms with E-state index < -0.39 is 34.5 Å². The van der Waals surface area contributed by atoms with Crippen molar-refractivity contribution in [2.75, 3.05) is 0 Å². The number of hydrogen-bond donors (Lipinski definition) is 1. The summed E-state index contributed by atoms with van der Waals surface area (Å²) < 4.78 is 54.8. The van der Waals surface area contributed by atoms with Gasteiger partial charge < -0.3 is 5.11 Å². The lowest BCUT2D eigenvalue weighted by atomic mass is 9.88. The maximum Gasteiger partial charge on any atom is 0.419 e. The van der Waals surface area contributed by atoms with Gasteiger partial charge in [0.15, 0.2) is 0 Å². The van der Waals surface area contributed by atoms with Crippen molar-refractivity contribution in [1.82, 2.24) is 0 Å². The first-order valence-electron chi connectivity index (χ1n) is 6.96. The number of rotatable bonds is 3. The molecule has 0 aliphatic heterocycles. The maximum atomic E-state index is 14.6. The molecule has 0 aromatic heterocycles. The fourth-order valence-electron chi connectivity index (χ4n) is 2.82. The molecular weight excluding hydrogens is 312 g/mol. The third-order valence-electron chi connectivity index (χ3n) is 4.19. The fourth-order valence-corrected chi connectivity index (χ4v) is 2.82. The first-order valence-corrected chi connectivity index (χ1v) is 6.96. The Hall–Kier alpha value is -2.37.